The summed E-state index contributed by atoms with van der Waals surface area (Å²) in [7, 11) is 0. The molecule has 0 bridgehead atoms. The van der Waals surface area contributed by atoms with E-state index < -0.39 is 11.6 Å². The molecule has 0 radical (unpaired) electrons. The standard InChI is InChI=1S/C21H25NO3/c1-16(2)18-12-8-9-13-19(18)25-15-14-22(20(23)24)21(3,4)17-10-6-5-7-11-17/h5-13H,1,14-15H2,2-4H3,(H,23,24). The van der Waals surface area contributed by atoms with Crippen molar-refractivity contribution in [1.82, 2.24) is 4.90 Å². The van der Waals surface area contributed by atoms with E-state index in [0.29, 0.717) is 0 Å². The van der Waals surface area contributed by atoms with Crippen molar-refractivity contribution >= 4 is 11.7 Å². The van der Waals surface area contributed by atoms with Crippen LogP contribution in [0.25, 0.3) is 5.57 Å². The molecule has 0 heterocycles. The number of hydrogen-bond acceptors (Lipinski definition) is 2. The maximum atomic E-state index is 11.8. The zero-order chi connectivity index (χ0) is 18.4. The average Bonchev–Trinajstić information content (AvgIpc) is 2.59. The van der Waals surface area contributed by atoms with E-state index in [1.807, 2.05) is 75.4 Å². The van der Waals surface area contributed by atoms with E-state index in [9.17, 15) is 9.90 Å². The van der Waals surface area contributed by atoms with Gasteiger partial charge in [-0.1, -0.05) is 55.1 Å². The van der Waals surface area contributed by atoms with Crippen LogP contribution in [0.15, 0.2) is 61.2 Å². The molecule has 0 aliphatic heterocycles. The molecule has 0 aliphatic rings. The van der Waals surface area contributed by atoms with E-state index in [1.54, 1.807) is 0 Å². The van der Waals surface area contributed by atoms with E-state index in [4.69, 9.17) is 4.74 Å². The molecule has 0 saturated heterocycles. The van der Waals surface area contributed by atoms with E-state index in [-0.39, 0.29) is 13.2 Å². The van der Waals surface area contributed by atoms with Crippen LogP contribution in [0.4, 0.5) is 4.79 Å². The van der Waals surface area contributed by atoms with Crippen LogP contribution in [0.1, 0.15) is 31.9 Å². The van der Waals surface area contributed by atoms with Gasteiger partial charge in [-0.15, -0.1) is 0 Å². The lowest BCUT2D eigenvalue weighted by atomic mass is 9.92. The van der Waals surface area contributed by atoms with Crippen LogP contribution in [0, 0.1) is 0 Å². The van der Waals surface area contributed by atoms with Gasteiger partial charge in [-0.05, 0) is 38.0 Å². The Morgan fingerprint density at radius 1 is 1.12 bits per heavy atom. The largest absolute Gasteiger partial charge is 0.491 e. The Morgan fingerprint density at radius 2 is 1.72 bits per heavy atom. The third kappa shape index (κ3) is 4.41. The molecule has 0 aliphatic carbocycles. The smallest absolute Gasteiger partial charge is 0.408 e. The van der Waals surface area contributed by atoms with Crippen molar-refractivity contribution in [2.75, 3.05) is 13.2 Å². The fourth-order valence-electron chi connectivity index (χ4n) is 2.81. The first-order valence-corrected chi connectivity index (χ1v) is 8.28. The minimum absolute atomic E-state index is 0.266. The summed E-state index contributed by atoms with van der Waals surface area (Å²) in [5.41, 5.74) is 2.14. The lowest BCUT2D eigenvalue weighted by Gasteiger charge is -2.37. The molecule has 0 unspecified atom stereocenters. The highest BCUT2D eigenvalue weighted by molar-refractivity contribution is 5.67. The van der Waals surface area contributed by atoms with Crippen LogP contribution in [0.2, 0.25) is 0 Å². The number of carboxylic acid groups (broad SMARTS) is 1. The number of nitrogens with zero attached hydrogens (tertiary/aromatic N) is 1. The Bertz CT molecular complexity index is 738. The van der Waals surface area contributed by atoms with Gasteiger partial charge in [0.05, 0.1) is 12.1 Å². The fraction of sp³-hybridized carbons (Fsp3) is 0.286. The summed E-state index contributed by atoms with van der Waals surface area (Å²) in [6, 6.07) is 17.3. The van der Waals surface area contributed by atoms with Gasteiger partial charge < -0.3 is 9.84 Å². The summed E-state index contributed by atoms with van der Waals surface area (Å²) in [5, 5.41) is 9.67. The number of ether oxygens (including phenoxy) is 1. The first kappa shape index (κ1) is 18.6. The van der Waals surface area contributed by atoms with Crippen LogP contribution in [0.3, 0.4) is 0 Å². The minimum atomic E-state index is -0.967. The van der Waals surface area contributed by atoms with Crippen LogP contribution in [-0.4, -0.2) is 29.3 Å². The maximum Gasteiger partial charge on any atom is 0.408 e. The van der Waals surface area contributed by atoms with Gasteiger partial charge in [-0.25, -0.2) is 4.79 Å². The highest BCUT2D eigenvalue weighted by atomic mass is 16.5. The highest BCUT2D eigenvalue weighted by Crippen LogP contribution is 2.28. The molecule has 0 saturated carbocycles. The normalized spacial score (nSPS) is 11.0. The molecule has 1 N–H and O–H groups in total. The number of carbonyl (C=O) groups is 1. The second-order valence-electron chi connectivity index (χ2n) is 6.48. The molecule has 1 amide bonds. The van der Waals surface area contributed by atoms with Crippen molar-refractivity contribution in [3.8, 4) is 5.75 Å². The van der Waals surface area contributed by atoms with Gasteiger partial charge in [-0.2, -0.15) is 0 Å². The number of rotatable bonds is 7. The molecular formula is C21H25NO3. The van der Waals surface area contributed by atoms with Crippen LogP contribution >= 0.6 is 0 Å². The summed E-state index contributed by atoms with van der Waals surface area (Å²) < 4.78 is 5.84. The Balaban J connectivity index is 2.11. The van der Waals surface area contributed by atoms with Crippen molar-refractivity contribution in [2.24, 2.45) is 0 Å². The molecule has 4 heteroatoms. The van der Waals surface area contributed by atoms with Crippen molar-refractivity contribution in [2.45, 2.75) is 26.3 Å². The molecule has 4 nitrogen and oxygen atoms in total. The Morgan fingerprint density at radius 3 is 2.32 bits per heavy atom. The molecule has 0 aromatic heterocycles. The third-order valence-corrected chi connectivity index (χ3v) is 4.31. The molecule has 132 valence electrons. The summed E-state index contributed by atoms with van der Waals surface area (Å²) in [6.45, 7) is 10.2. The number of amides is 1. The Labute approximate surface area is 149 Å². The van der Waals surface area contributed by atoms with Gasteiger partial charge >= 0.3 is 6.09 Å². The monoisotopic (exact) mass is 339 g/mol. The number of hydrogen-bond donors (Lipinski definition) is 1. The Kier molecular flexibility index (Phi) is 5.86. The van der Waals surface area contributed by atoms with E-state index >= 15 is 0 Å². The number of allylic oxidation sites excluding steroid dienone is 1. The summed E-state index contributed by atoms with van der Waals surface area (Å²) in [6.07, 6.45) is -0.967. The van der Waals surface area contributed by atoms with Crippen molar-refractivity contribution in [3.63, 3.8) is 0 Å². The first-order chi connectivity index (χ1) is 11.8. The molecule has 0 atom stereocenters. The minimum Gasteiger partial charge on any atom is -0.491 e. The first-order valence-electron chi connectivity index (χ1n) is 8.28. The molecule has 25 heavy (non-hydrogen) atoms. The lowest BCUT2D eigenvalue weighted by Crippen LogP contribution is -2.46. The molecule has 2 aromatic rings. The second kappa shape index (κ2) is 7.88. The van der Waals surface area contributed by atoms with Crippen LogP contribution in [-0.2, 0) is 5.54 Å². The average molecular weight is 339 g/mol. The fourth-order valence-corrected chi connectivity index (χ4v) is 2.81. The van der Waals surface area contributed by atoms with Crippen molar-refractivity contribution in [3.05, 3.63) is 72.3 Å². The second-order valence-corrected chi connectivity index (χ2v) is 6.48. The van der Waals surface area contributed by atoms with Gasteiger partial charge in [0.2, 0.25) is 0 Å². The third-order valence-electron chi connectivity index (χ3n) is 4.31. The Hall–Kier alpha value is -2.75. The predicted molar refractivity (Wildman–Crippen MR) is 101 cm³/mol. The SMILES string of the molecule is C=C(C)c1ccccc1OCCN(C(=O)O)C(C)(C)c1ccccc1. The summed E-state index contributed by atoms with van der Waals surface area (Å²) >= 11 is 0. The lowest BCUT2D eigenvalue weighted by molar-refractivity contribution is 0.0801. The number of benzene rings is 2. The molecular weight excluding hydrogens is 314 g/mol. The number of para-hydroxylation sites is 1. The van der Waals surface area contributed by atoms with Crippen molar-refractivity contribution < 1.29 is 14.6 Å². The molecule has 2 aromatic carbocycles. The zero-order valence-electron chi connectivity index (χ0n) is 15.0. The van der Waals surface area contributed by atoms with E-state index in [0.717, 1.165) is 22.4 Å². The van der Waals surface area contributed by atoms with E-state index in [1.165, 1.54) is 4.90 Å². The van der Waals surface area contributed by atoms with E-state index in [2.05, 4.69) is 6.58 Å². The molecule has 0 fully saturated rings. The van der Waals surface area contributed by atoms with Crippen molar-refractivity contribution in [1.29, 1.82) is 0 Å². The zero-order valence-corrected chi connectivity index (χ0v) is 15.0. The van der Waals surface area contributed by atoms with Gasteiger partial charge in [0, 0.05) is 5.56 Å². The highest BCUT2D eigenvalue weighted by Gasteiger charge is 2.32. The predicted octanol–water partition coefficient (Wildman–Crippen LogP) is 5.01. The van der Waals surface area contributed by atoms with Crippen LogP contribution in [0.5, 0.6) is 5.75 Å². The molecule has 2 rings (SSSR count). The molecule has 0 spiro atoms. The topological polar surface area (TPSA) is 49.8 Å². The summed E-state index contributed by atoms with van der Waals surface area (Å²) in [5.74, 6) is 0.720. The maximum absolute atomic E-state index is 11.8. The quantitative estimate of drug-likeness (QED) is 0.771. The van der Waals surface area contributed by atoms with Gasteiger partial charge in [0.25, 0.3) is 0 Å². The van der Waals surface area contributed by atoms with Gasteiger partial charge in [0.15, 0.2) is 0 Å². The van der Waals surface area contributed by atoms with Crippen LogP contribution < -0.4 is 4.74 Å². The van der Waals surface area contributed by atoms with Gasteiger partial charge in [0.1, 0.15) is 12.4 Å². The summed E-state index contributed by atoms with van der Waals surface area (Å²) in [4.78, 5) is 13.2. The van der Waals surface area contributed by atoms with Gasteiger partial charge in [-0.3, -0.25) is 4.90 Å².